The van der Waals surface area contributed by atoms with Gasteiger partial charge in [0.25, 0.3) is 0 Å². The van der Waals surface area contributed by atoms with Crippen LogP contribution < -0.4 is 0 Å². The Bertz CT molecular complexity index is 778. The summed E-state index contributed by atoms with van der Waals surface area (Å²) in [6.07, 6.45) is 1.17. The van der Waals surface area contributed by atoms with Gasteiger partial charge in [-0.05, 0) is 13.8 Å². The molecule has 3 rings (SSSR count). The summed E-state index contributed by atoms with van der Waals surface area (Å²) in [7, 11) is 0. The van der Waals surface area contributed by atoms with Crippen molar-refractivity contribution in [3.63, 3.8) is 0 Å². The van der Waals surface area contributed by atoms with Crippen LogP contribution in [-0.4, -0.2) is 10.9 Å². The molecule has 0 saturated carbocycles. The number of carbonyl (C=O) groups is 1. The number of allylic oxidation sites excluding steroid dienone is 2. The van der Waals surface area contributed by atoms with Crippen LogP contribution in [0.25, 0.3) is 22.3 Å². The third-order valence-corrected chi connectivity index (χ3v) is 3.33. The molecule has 135 valence electrons. The van der Waals surface area contributed by atoms with Crippen molar-refractivity contribution in [3.8, 4) is 22.3 Å². The first-order chi connectivity index (χ1) is 12.1. The molecule has 0 heterocycles. The van der Waals surface area contributed by atoms with E-state index in [0.29, 0.717) is 0 Å². The number of benzene rings is 3. The van der Waals surface area contributed by atoms with Gasteiger partial charge in [0.1, 0.15) is 0 Å². The average molecular weight is 521 g/mol. The number of aliphatic hydroxyl groups is 1. The van der Waals surface area contributed by atoms with Crippen LogP contribution in [0.3, 0.4) is 0 Å². The van der Waals surface area contributed by atoms with E-state index in [2.05, 4.69) is 48.5 Å². The quantitative estimate of drug-likeness (QED) is 0.275. The van der Waals surface area contributed by atoms with Crippen molar-refractivity contribution >= 4 is 5.78 Å². The summed E-state index contributed by atoms with van der Waals surface area (Å²) in [4.78, 5) is 10.0. The molecule has 26 heavy (non-hydrogen) atoms. The standard InChI is InChI=1S/C18H12.C5H8O2.Ir/c1-3-9-15(10-4-1)17-13-7-8-14-18(17)16-11-5-2-6-12-16;1-4(6)3-5(2)7;/h1-11,13H;3,6H,1-2H3;/q-2;;/b;4-3-;. The Hall–Kier alpha value is -2.48. The van der Waals surface area contributed by atoms with Gasteiger partial charge in [0.05, 0.1) is 5.76 Å². The van der Waals surface area contributed by atoms with Gasteiger partial charge >= 0.3 is 0 Å². The van der Waals surface area contributed by atoms with Crippen LogP contribution in [-0.2, 0) is 24.9 Å². The number of rotatable bonds is 3. The van der Waals surface area contributed by atoms with Crippen LogP contribution in [0.5, 0.6) is 0 Å². The molecule has 0 aliphatic rings. The van der Waals surface area contributed by atoms with E-state index in [4.69, 9.17) is 5.11 Å². The number of aliphatic hydroxyl groups excluding tert-OH is 1. The van der Waals surface area contributed by atoms with E-state index < -0.39 is 0 Å². The molecule has 1 N–H and O–H groups in total. The van der Waals surface area contributed by atoms with Gasteiger partial charge in [-0.25, -0.2) is 11.1 Å². The average Bonchev–Trinajstić information content (AvgIpc) is 2.63. The van der Waals surface area contributed by atoms with E-state index in [1.807, 2.05) is 36.4 Å². The van der Waals surface area contributed by atoms with Gasteiger partial charge in [-0.3, -0.25) is 4.79 Å². The zero-order chi connectivity index (χ0) is 18.1. The van der Waals surface area contributed by atoms with Crippen molar-refractivity contribution in [3.05, 3.63) is 96.8 Å². The molecular formula is C23H20IrO2-2. The summed E-state index contributed by atoms with van der Waals surface area (Å²) >= 11 is 0. The minimum Gasteiger partial charge on any atom is -0.512 e. The summed E-state index contributed by atoms with van der Waals surface area (Å²) in [6, 6.07) is 31.1. The molecule has 0 aliphatic carbocycles. The molecule has 3 aromatic carbocycles. The minimum absolute atomic E-state index is 0. The molecule has 0 spiro atoms. The van der Waals surface area contributed by atoms with Crippen molar-refractivity contribution < 1.29 is 30.0 Å². The fourth-order valence-corrected chi connectivity index (χ4v) is 2.36. The van der Waals surface area contributed by atoms with Crippen LogP contribution in [0.2, 0.25) is 0 Å². The van der Waals surface area contributed by atoms with Gasteiger partial charge in [0.15, 0.2) is 5.78 Å². The molecule has 0 fully saturated rings. The summed E-state index contributed by atoms with van der Waals surface area (Å²) < 4.78 is 0. The van der Waals surface area contributed by atoms with Crippen molar-refractivity contribution in [1.29, 1.82) is 0 Å². The zero-order valence-electron chi connectivity index (χ0n) is 14.7. The number of hydrogen-bond acceptors (Lipinski definition) is 2. The van der Waals surface area contributed by atoms with Gasteiger partial charge in [-0.2, -0.15) is 36.4 Å². The second-order valence-electron chi connectivity index (χ2n) is 5.50. The third kappa shape index (κ3) is 6.79. The first-order valence-electron chi connectivity index (χ1n) is 7.99. The maximum absolute atomic E-state index is 10.0. The fraction of sp³-hybridized carbons (Fsp3) is 0.0870. The maximum atomic E-state index is 10.0. The Morgan fingerprint density at radius 2 is 1.54 bits per heavy atom. The Morgan fingerprint density at radius 3 is 2.08 bits per heavy atom. The fourth-order valence-electron chi connectivity index (χ4n) is 2.36. The zero-order valence-corrected chi connectivity index (χ0v) is 17.1. The van der Waals surface area contributed by atoms with Crippen molar-refractivity contribution in [2.75, 3.05) is 0 Å². The van der Waals surface area contributed by atoms with E-state index in [1.54, 1.807) is 0 Å². The number of ketones is 1. The van der Waals surface area contributed by atoms with E-state index in [1.165, 1.54) is 31.1 Å². The van der Waals surface area contributed by atoms with Gasteiger partial charge in [0, 0.05) is 26.2 Å². The van der Waals surface area contributed by atoms with Gasteiger partial charge in [0.2, 0.25) is 0 Å². The normalized spacial score (nSPS) is 10.2. The van der Waals surface area contributed by atoms with Gasteiger partial charge in [-0.1, -0.05) is 35.9 Å². The Morgan fingerprint density at radius 1 is 0.885 bits per heavy atom. The molecule has 0 atom stereocenters. The predicted octanol–water partition coefficient (Wildman–Crippen LogP) is 5.66. The smallest absolute Gasteiger partial charge is 0.155 e. The minimum atomic E-state index is -0.125. The Kier molecular flexibility index (Phi) is 9.28. The Labute approximate surface area is 168 Å². The first kappa shape index (κ1) is 21.6. The maximum Gasteiger partial charge on any atom is 0.155 e. The largest absolute Gasteiger partial charge is 0.512 e. The topological polar surface area (TPSA) is 37.3 Å². The third-order valence-electron chi connectivity index (χ3n) is 3.33. The monoisotopic (exact) mass is 521 g/mol. The Balaban J connectivity index is 0.000000366. The number of hydrogen-bond donors (Lipinski definition) is 1. The van der Waals surface area contributed by atoms with Crippen LogP contribution >= 0.6 is 0 Å². The summed E-state index contributed by atoms with van der Waals surface area (Å²) in [5.41, 5.74) is 4.59. The molecule has 0 aliphatic heterocycles. The molecule has 0 saturated heterocycles. The van der Waals surface area contributed by atoms with Crippen LogP contribution in [0, 0.1) is 12.1 Å². The molecule has 3 heteroatoms. The molecule has 0 unspecified atom stereocenters. The van der Waals surface area contributed by atoms with Gasteiger partial charge in [-0.15, -0.1) is 23.8 Å². The molecule has 0 bridgehead atoms. The molecule has 2 nitrogen and oxygen atoms in total. The first-order valence-corrected chi connectivity index (χ1v) is 7.99. The van der Waals surface area contributed by atoms with Crippen molar-refractivity contribution in [1.82, 2.24) is 0 Å². The molecule has 3 aromatic rings. The predicted molar refractivity (Wildman–Crippen MR) is 102 cm³/mol. The second kappa shape index (κ2) is 11.2. The van der Waals surface area contributed by atoms with Gasteiger partial charge < -0.3 is 5.11 Å². The van der Waals surface area contributed by atoms with Crippen molar-refractivity contribution in [2.45, 2.75) is 13.8 Å². The van der Waals surface area contributed by atoms with E-state index in [0.717, 1.165) is 11.1 Å². The summed E-state index contributed by atoms with van der Waals surface area (Å²) in [6.45, 7) is 2.85. The van der Waals surface area contributed by atoms with Crippen LogP contribution in [0.4, 0.5) is 0 Å². The van der Waals surface area contributed by atoms with E-state index >= 15 is 0 Å². The van der Waals surface area contributed by atoms with E-state index in [-0.39, 0.29) is 31.6 Å². The molecule has 0 amide bonds. The molecule has 0 aromatic heterocycles. The summed E-state index contributed by atoms with van der Waals surface area (Å²) in [5, 5.41) is 8.36. The number of carbonyl (C=O) groups excluding carboxylic acids is 1. The second-order valence-corrected chi connectivity index (χ2v) is 5.50. The summed E-state index contributed by atoms with van der Waals surface area (Å²) in [5.74, 6) is -0.0625. The van der Waals surface area contributed by atoms with Crippen LogP contribution in [0.15, 0.2) is 84.6 Å². The molecule has 1 radical (unpaired) electrons. The van der Waals surface area contributed by atoms with Crippen LogP contribution in [0.1, 0.15) is 13.8 Å². The molecular weight excluding hydrogens is 500 g/mol. The van der Waals surface area contributed by atoms with E-state index in [9.17, 15) is 4.79 Å². The SMILES string of the molecule is CC(=O)/C=C(/C)O.[Ir].[c-]1ccccc1-c1[c-]cccc1-c1ccccc1. The van der Waals surface area contributed by atoms with Crippen molar-refractivity contribution in [2.24, 2.45) is 0 Å².